The van der Waals surface area contributed by atoms with E-state index in [0.717, 1.165) is 38.2 Å². The third-order valence-electron chi connectivity index (χ3n) is 16.2. The number of carbonyl (C=O) groups excluding carboxylic acids is 10. The highest BCUT2D eigenvalue weighted by Crippen LogP contribution is 2.27. The molecule has 37 heteroatoms. The minimum atomic E-state index is -5.17. The van der Waals surface area contributed by atoms with Crippen LogP contribution in [0.25, 0.3) is 0 Å². The van der Waals surface area contributed by atoms with Crippen LogP contribution >= 0.6 is 0 Å². The number of aliphatic imine (C=N–C) groups is 4. The lowest BCUT2D eigenvalue weighted by atomic mass is 10.1. The molecular formula is C72H90N20O16S. The summed E-state index contributed by atoms with van der Waals surface area (Å²) in [5.74, 6) is -5.16. The van der Waals surface area contributed by atoms with Crippen LogP contribution in [0, 0.1) is 0 Å². The number of fused-ring (bicyclic) bond motifs is 2. The summed E-state index contributed by atoms with van der Waals surface area (Å²) in [4.78, 5) is 148. The van der Waals surface area contributed by atoms with Gasteiger partial charge in [-0.25, -0.2) is 29.4 Å². The maximum atomic E-state index is 13.5. The van der Waals surface area contributed by atoms with Crippen molar-refractivity contribution >= 4 is 127 Å². The number of aromatic nitrogens is 2. The van der Waals surface area contributed by atoms with Gasteiger partial charge < -0.3 is 84.9 Å². The molecular weight excluding hydrogens is 1430 g/mol. The summed E-state index contributed by atoms with van der Waals surface area (Å²) in [6.45, 7) is 3.91. The minimum Gasteiger partial charge on any atom is -0.759 e. The van der Waals surface area contributed by atoms with Crippen molar-refractivity contribution in [3.8, 4) is 0 Å². The van der Waals surface area contributed by atoms with E-state index in [1.54, 1.807) is 48.5 Å². The maximum Gasteiger partial charge on any atom is 0.416 e. The lowest BCUT2D eigenvalue weighted by Gasteiger charge is -2.24. The molecule has 0 radical (unpaired) electrons. The summed E-state index contributed by atoms with van der Waals surface area (Å²) in [6, 6.07) is 35.9. The van der Waals surface area contributed by atoms with E-state index in [2.05, 4.69) is 51.9 Å². The first-order chi connectivity index (χ1) is 52.0. The normalized spacial score (nSPS) is 13.6. The fraction of sp³-hybridized carbons (Fsp3) is 0.333. The highest BCUT2D eigenvalue weighted by molar-refractivity contribution is 7.79. The Balaban J connectivity index is 0.000000321. The van der Waals surface area contributed by atoms with Crippen molar-refractivity contribution in [2.75, 3.05) is 61.7 Å². The molecule has 0 spiro atoms. The van der Waals surface area contributed by atoms with Crippen LogP contribution in [-0.2, 0) is 71.3 Å². The van der Waals surface area contributed by atoms with Crippen LogP contribution in [0.5, 0.6) is 0 Å². The van der Waals surface area contributed by atoms with Crippen molar-refractivity contribution in [2.45, 2.75) is 115 Å². The minimum absolute atomic E-state index is 0.120. The molecule has 580 valence electrons. The number of benzene rings is 4. The first-order valence-corrected chi connectivity index (χ1v) is 35.8. The number of pyridine rings is 2. The molecule has 6 aromatic rings. The monoisotopic (exact) mass is 1520 g/mol. The van der Waals surface area contributed by atoms with Crippen LogP contribution < -0.4 is 75.4 Å². The number of rotatable bonds is 32. The molecule has 0 bridgehead atoms. The Morgan fingerprint density at radius 3 is 1.18 bits per heavy atom. The molecule has 0 saturated heterocycles. The first kappa shape index (κ1) is 85.5. The Hall–Kier alpha value is -12.5. The summed E-state index contributed by atoms with van der Waals surface area (Å²) in [5.41, 5.74) is 40.6. The zero-order valence-corrected chi connectivity index (χ0v) is 61.3. The van der Waals surface area contributed by atoms with Gasteiger partial charge in [-0.2, -0.15) is 9.13 Å². The van der Waals surface area contributed by atoms with Crippen molar-refractivity contribution in [2.24, 2.45) is 54.4 Å². The number of hydrogen-bond acceptors (Lipinski definition) is 22. The second-order valence-corrected chi connectivity index (χ2v) is 25.3. The van der Waals surface area contributed by atoms with Gasteiger partial charge in [0.05, 0.1) is 37.7 Å². The summed E-state index contributed by atoms with van der Waals surface area (Å²) >= 11 is 0. The Bertz CT molecular complexity index is 4160. The maximum absolute atomic E-state index is 13.5. The van der Waals surface area contributed by atoms with E-state index in [-0.39, 0.29) is 61.1 Å². The predicted octanol–water partition coefficient (Wildman–Crippen LogP) is 2.03. The van der Waals surface area contributed by atoms with E-state index in [1.807, 2.05) is 120 Å². The fourth-order valence-electron chi connectivity index (χ4n) is 10.9. The number of nitrogens with two attached hydrogens (primary N) is 6. The van der Waals surface area contributed by atoms with Crippen LogP contribution in [0.15, 0.2) is 166 Å². The lowest BCUT2D eigenvalue weighted by Crippen LogP contribution is -2.53. The summed E-state index contributed by atoms with van der Waals surface area (Å²) in [7, 11) is -3.00. The quantitative estimate of drug-likeness (QED) is 0.00718. The topological polar surface area (TPSA) is 561 Å². The molecule has 2 aromatic heterocycles. The first-order valence-electron chi connectivity index (χ1n) is 34.4. The van der Waals surface area contributed by atoms with Crippen LogP contribution in [0.3, 0.4) is 0 Å². The van der Waals surface area contributed by atoms with E-state index in [0.29, 0.717) is 107 Å². The summed E-state index contributed by atoms with van der Waals surface area (Å²) in [5, 5.41) is 16.5. The molecule has 109 heavy (non-hydrogen) atoms. The Morgan fingerprint density at radius 1 is 0.514 bits per heavy atom. The zero-order valence-electron chi connectivity index (χ0n) is 60.5. The summed E-state index contributed by atoms with van der Waals surface area (Å²) < 4.78 is 47.4. The van der Waals surface area contributed by atoms with Crippen molar-refractivity contribution in [3.05, 3.63) is 168 Å². The van der Waals surface area contributed by atoms with Crippen LogP contribution in [0.2, 0.25) is 0 Å². The number of carbonyl (C=O) groups is 10. The second kappa shape index (κ2) is 42.6. The van der Waals surface area contributed by atoms with Gasteiger partial charge in [-0.1, -0.05) is 100 Å². The standard InChI is InChI=1S/2C36H44N10O6.H2O4S/c2*1-3-4-12-26(37)34(50)46(36(51)52-2)22-29(47)43-28(13-8-19-40-35(38)39)32(48)42-25-17-15-24(16-18-25)41-30-31-27(44-33(30)49)14-9-20-45(31)21-23-10-6-5-7-11-23;1-5(2,3)4/h2*5-7,9-11,14-18,20,26,28H,3-4,8,12-13,19,21-22,37H2,1-2H3,(H6,38,39,40,43,44,47,49);(H2,1,2,3,4)/t2*26-,28-;/m00./s1. The lowest BCUT2D eigenvalue weighted by molar-refractivity contribution is -0.688. The Labute approximate surface area is 628 Å². The molecule has 0 unspecified atom stereocenters. The highest BCUT2D eigenvalue weighted by atomic mass is 32.3. The molecule has 4 heterocycles. The van der Waals surface area contributed by atoms with E-state index in [4.69, 9.17) is 61.4 Å². The second-order valence-electron chi connectivity index (χ2n) is 24.5. The number of hydrogen-bond donors (Lipinski definition) is 12. The average Bonchev–Trinajstić information content (AvgIpc) is 1.65. The summed E-state index contributed by atoms with van der Waals surface area (Å²) in [6.07, 6.45) is 6.09. The largest absolute Gasteiger partial charge is 0.759 e. The molecule has 0 saturated carbocycles. The number of nitrogens with zero attached hydrogens (tertiary/aromatic N) is 8. The van der Waals surface area contributed by atoms with Gasteiger partial charge in [0.2, 0.25) is 46.9 Å². The fourth-order valence-corrected chi connectivity index (χ4v) is 10.9. The molecule has 4 atom stereocenters. The molecule has 0 aliphatic carbocycles. The Morgan fingerprint density at radius 2 is 0.862 bits per heavy atom. The molecule has 2 aliphatic rings. The average molecular weight is 1520 g/mol. The van der Waals surface area contributed by atoms with Crippen molar-refractivity contribution in [1.29, 1.82) is 0 Å². The molecule has 0 fully saturated rings. The van der Waals surface area contributed by atoms with Gasteiger partial charge in [-0.3, -0.25) is 56.8 Å². The van der Waals surface area contributed by atoms with Crippen molar-refractivity contribution < 1.29 is 84.1 Å². The molecule has 36 nitrogen and oxygen atoms in total. The molecule has 4 aromatic carbocycles. The van der Waals surface area contributed by atoms with Gasteiger partial charge in [0.15, 0.2) is 37.4 Å². The van der Waals surface area contributed by atoms with Crippen LogP contribution in [-0.4, -0.2) is 175 Å². The number of guanidine groups is 2. The number of unbranched alkanes of at least 4 members (excludes halogenated alkanes) is 2. The van der Waals surface area contributed by atoms with Gasteiger partial charge in [0.1, 0.15) is 36.5 Å². The van der Waals surface area contributed by atoms with E-state index >= 15 is 0 Å². The smallest absolute Gasteiger partial charge is 0.416 e. The molecule has 8 rings (SSSR count). The predicted molar refractivity (Wildman–Crippen MR) is 402 cm³/mol. The van der Waals surface area contributed by atoms with Gasteiger partial charge in [-0.15, -0.1) is 0 Å². The number of anilines is 4. The van der Waals surface area contributed by atoms with Crippen LogP contribution in [0.4, 0.5) is 43.7 Å². The molecule has 10 amide bonds. The molecule has 2 aliphatic heterocycles. The number of ether oxygens (including phenoxy) is 2. The third-order valence-corrected chi connectivity index (χ3v) is 16.2. The SMILES string of the molecule is CCCC[C@H](N)C(=O)N(CC(=O)N[C@@H](CCCN=C(N)N)C(=O)Nc1ccc(N=C2C(=O)Nc3ccc[n+](Cc4ccccc4)c32)cc1)C(=O)OC.CCCC[C@H](N)C(=O)N(CC(=O)N[C@@H](CCCN=C(N)N)C(=O)Nc1ccc(N=C2C(=O)Nc3ccc[n+](Cc4ccccc4)c32)cc1)C(=O)OC.O=S(=O)([O-])[O-]. The third kappa shape index (κ3) is 27.8. The Kier molecular flexibility index (Phi) is 33.4. The van der Waals surface area contributed by atoms with Crippen molar-refractivity contribution in [3.63, 3.8) is 0 Å². The van der Waals surface area contributed by atoms with E-state index in [9.17, 15) is 47.9 Å². The number of amides is 10. The number of imide groups is 2. The van der Waals surface area contributed by atoms with Gasteiger partial charge >= 0.3 is 12.2 Å². The van der Waals surface area contributed by atoms with Crippen molar-refractivity contribution in [1.82, 2.24) is 20.4 Å². The van der Waals surface area contributed by atoms with Gasteiger partial charge in [-0.05, 0) is 99.2 Å². The van der Waals surface area contributed by atoms with Gasteiger partial charge in [0, 0.05) is 58.1 Å². The van der Waals surface area contributed by atoms with E-state index < -0.39 is 95.3 Å². The van der Waals surface area contributed by atoms with E-state index in [1.165, 1.54) is 0 Å². The van der Waals surface area contributed by atoms with Gasteiger partial charge in [0.25, 0.3) is 23.2 Å². The van der Waals surface area contributed by atoms with Crippen LogP contribution in [0.1, 0.15) is 101 Å². The number of nitrogens with one attached hydrogen (secondary N) is 6. The zero-order chi connectivity index (χ0) is 79.7. The highest BCUT2D eigenvalue weighted by Gasteiger charge is 2.38. The number of methoxy groups -OCH3 is 2. The molecule has 18 N–H and O–H groups in total.